The zero-order chi connectivity index (χ0) is 53.6. The summed E-state index contributed by atoms with van der Waals surface area (Å²) in [5.41, 5.74) is 24.5. The van der Waals surface area contributed by atoms with Gasteiger partial charge in [-0.1, -0.05) is 206 Å². The van der Waals surface area contributed by atoms with Crippen LogP contribution in [-0.4, -0.2) is 35.4 Å². The molecule has 82 heavy (non-hydrogen) atoms. The summed E-state index contributed by atoms with van der Waals surface area (Å²) in [7, 11) is 0. The highest BCUT2D eigenvalue weighted by atomic mass is 15.1. The molecule has 18 rings (SSSR count). The molecule has 2 aliphatic rings. The second-order valence-electron chi connectivity index (χ2n) is 21.9. The topological polar surface area (TPSA) is 53.5 Å². The maximum Gasteiger partial charge on any atom is 0.252 e. The summed E-state index contributed by atoms with van der Waals surface area (Å²) in [6.45, 7) is -0.0533. The van der Waals surface area contributed by atoms with E-state index in [1.54, 1.807) is 0 Å². The molecule has 6 heterocycles. The van der Waals surface area contributed by atoms with E-state index < -0.39 is 0 Å². The third kappa shape index (κ3) is 6.50. The number of para-hydroxylation sites is 4. The van der Waals surface area contributed by atoms with Crippen molar-refractivity contribution in [2.45, 2.75) is 0 Å². The van der Waals surface area contributed by atoms with Gasteiger partial charge in [-0.05, 0) is 116 Å². The first-order valence-corrected chi connectivity index (χ1v) is 28.1. The van der Waals surface area contributed by atoms with Crippen molar-refractivity contribution in [2.75, 3.05) is 0 Å². The van der Waals surface area contributed by atoms with Crippen molar-refractivity contribution in [3.05, 3.63) is 273 Å². The van der Waals surface area contributed by atoms with Gasteiger partial charge in [0.2, 0.25) is 0 Å². The Kier molecular flexibility index (Phi) is 9.50. The molecule has 0 aliphatic carbocycles. The predicted molar refractivity (Wildman–Crippen MR) is 340 cm³/mol. The molecule has 7 heteroatoms. The van der Waals surface area contributed by atoms with Gasteiger partial charge in [0.1, 0.15) is 0 Å². The van der Waals surface area contributed by atoms with Gasteiger partial charge in [-0.25, -0.2) is 15.0 Å². The maximum atomic E-state index is 5.23. The molecule has 2 aliphatic heterocycles. The van der Waals surface area contributed by atoms with Gasteiger partial charge in [0, 0.05) is 71.4 Å². The van der Waals surface area contributed by atoms with Crippen molar-refractivity contribution in [3.8, 4) is 84.6 Å². The smallest absolute Gasteiger partial charge is 0.252 e. The Morgan fingerprint density at radius 3 is 1.16 bits per heavy atom. The van der Waals surface area contributed by atoms with E-state index in [0.717, 1.165) is 49.9 Å². The summed E-state index contributed by atoms with van der Waals surface area (Å²) in [5.74, 6) is 1.87. The number of hydrogen-bond acceptors (Lipinski definition) is 3. The van der Waals surface area contributed by atoms with Crippen LogP contribution in [0.15, 0.2) is 273 Å². The van der Waals surface area contributed by atoms with Crippen LogP contribution in [0, 0.1) is 0 Å². The van der Waals surface area contributed by atoms with Crippen LogP contribution in [0.4, 0.5) is 0 Å². The van der Waals surface area contributed by atoms with Crippen molar-refractivity contribution in [2.24, 2.45) is 0 Å². The highest BCUT2D eigenvalue weighted by Crippen LogP contribution is 2.44. The number of hydrogen-bond donors (Lipinski definition) is 0. The Morgan fingerprint density at radius 2 is 0.634 bits per heavy atom. The van der Waals surface area contributed by atoms with Crippen molar-refractivity contribution in [3.63, 3.8) is 0 Å². The quantitative estimate of drug-likeness (QED) is 0.150. The molecule has 0 N–H and O–H groups in total. The Bertz CT molecular complexity index is 5090. The van der Waals surface area contributed by atoms with E-state index in [1.807, 2.05) is 36.4 Å². The minimum absolute atomic E-state index is 0.0533. The lowest BCUT2D eigenvalue weighted by molar-refractivity contribution is 1.06. The summed E-state index contributed by atoms with van der Waals surface area (Å²) in [6, 6.07) is 99.5. The average Bonchev–Trinajstić information content (AvgIpc) is 2.23. The van der Waals surface area contributed by atoms with Crippen LogP contribution < -0.4 is 16.4 Å². The number of benzene rings is 12. The number of rotatable bonds is 7. The molecule has 378 valence electrons. The minimum Gasteiger partial charge on any atom is -0.310 e. The fraction of sp³-hybridized carbons (Fsp3) is 0. The van der Waals surface area contributed by atoms with Gasteiger partial charge >= 0.3 is 0 Å². The van der Waals surface area contributed by atoms with Crippen molar-refractivity contribution >= 4 is 88.5 Å². The number of nitrogens with zero attached hydrogens (tertiary/aromatic N) is 6. The van der Waals surface area contributed by atoms with Crippen LogP contribution >= 0.6 is 0 Å². The summed E-state index contributed by atoms with van der Waals surface area (Å²) >= 11 is 0. The second-order valence-corrected chi connectivity index (χ2v) is 21.9. The van der Waals surface area contributed by atoms with E-state index >= 15 is 0 Å². The largest absolute Gasteiger partial charge is 0.310 e. The SMILES string of the molecule is c1ccc(-c2cc3c4c(c2)c2ccccc2n4-c2cc(-c4ccc5c(c4)c4ccccc4n5-c4ccccc4-c4nc(-c5ccccc5)nc(-c5ccccc5)n4)cc4c2B3c2cc(-c3ccccc3)cc3c5ccccc5n-4c23)cc1. The maximum absolute atomic E-state index is 5.23. The average molecular weight is 1040 g/mol. The van der Waals surface area contributed by atoms with E-state index in [2.05, 4.69) is 250 Å². The van der Waals surface area contributed by atoms with Crippen molar-refractivity contribution in [1.82, 2.24) is 28.7 Å². The molecule has 4 aromatic heterocycles. The molecule has 0 spiro atoms. The second kappa shape index (κ2) is 17.3. The van der Waals surface area contributed by atoms with E-state index in [9.17, 15) is 0 Å². The van der Waals surface area contributed by atoms with E-state index in [1.165, 1.54) is 99.0 Å². The lowest BCUT2D eigenvalue weighted by Crippen LogP contribution is -2.59. The van der Waals surface area contributed by atoms with Gasteiger partial charge in [-0.15, -0.1) is 0 Å². The molecule has 6 nitrogen and oxygen atoms in total. The highest BCUT2D eigenvalue weighted by Gasteiger charge is 2.42. The van der Waals surface area contributed by atoms with Crippen molar-refractivity contribution in [1.29, 1.82) is 0 Å². The van der Waals surface area contributed by atoms with Gasteiger partial charge in [0.15, 0.2) is 17.5 Å². The van der Waals surface area contributed by atoms with Crippen LogP contribution in [0.5, 0.6) is 0 Å². The molecule has 12 aromatic carbocycles. The Balaban J connectivity index is 0.896. The first-order valence-electron chi connectivity index (χ1n) is 28.1. The highest BCUT2D eigenvalue weighted by molar-refractivity contribution is 7.00. The first kappa shape index (κ1) is 45.0. The molecule has 0 saturated heterocycles. The molecular weight excluding hydrogens is 996 g/mol. The van der Waals surface area contributed by atoms with Crippen LogP contribution in [0.25, 0.3) is 150 Å². The Labute approximate surface area is 472 Å². The van der Waals surface area contributed by atoms with Gasteiger partial charge < -0.3 is 13.7 Å². The summed E-state index contributed by atoms with van der Waals surface area (Å²) in [5, 5.41) is 7.37. The van der Waals surface area contributed by atoms with Gasteiger partial charge in [0.25, 0.3) is 6.71 Å². The lowest BCUT2D eigenvalue weighted by Gasteiger charge is -2.34. The monoisotopic (exact) mass is 1040 g/mol. The molecule has 0 unspecified atom stereocenters. The minimum atomic E-state index is -0.0533. The molecule has 0 amide bonds. The lowest BCUT2D eigenvalue weighted by atomic mass is 9.34. The molecule has 16 aromatic rings. The summed E-state index contributed by atoms with van der Waals surface area (Å²) in [4.78, 5) is 15.5. The molecule has 0 fully saturated rings. The molecule has 0 bridgehead atoms. The van der Waals surface area contributed by atoms with Crippen molar-refractivity contribution < 1.29 is 0 Å². The summed E-state index contributed by atoms with van der Waals surface area (Å²) in [6.07, 6.45) is 0. The van der Waals surface area contributed by atoms with E-state index in [0.29, 0.717) is 17.5 Å². The van der Waals surface area contributed by atoms with Crippen LogP contribution in [-0.2, 0) is 0 Å². The van der Waals surface area contributed by atoms with Crippen LogP contribution in [0.2, 0.25) is 0 Å². The molecule has 0 saturated carbocycles. The van der Waals surface area contributed by atoms with Gasteiger partial charge in [0.05, 0.1) is 27.8 Å². The summed E-state index contributed by atoms with van der Waals surface area (Å²) < 4.78 is 7.58. The van der Waals surface area contributed by atoms with Crippen LogP contribution in [0.1, 0.15) is 0 Å². The van der Waals surface area contributed by atoms with Gasteiger partial charge in [-0.2, -0.15) is 0 Å². The Morgan fingerprint density at radius 1 is 0.244 bits per heavy atom. The fourth-order valence-electron chi connectivity index (χ4n) is 13.9. The molecule has 0 radical (unpaired) electrons. The normalized spacial score (nSPS) is 12.4. The van der Waals surface area contributed by atoms with E-state index in [4.69, 9.17) is 15.0 Å². The zero-order valence-corrected chi connectivity index (χ0v) is 44.2. The predicted octanol–water partition coefficient (Wildman–Crippen LogP) is 16.3. The third-order valence-electron chi connectivity index (χ3n) is 17.4. The number of fused-ring (bicyclic) bond motifs is 13. The third-order valence-corrected chi connectivity index (χ3v) is 17.4. The number of aromatic nitrogens is 6. The zero-order valence-electron chi connectivity index (χ0n) is 44.2. The van der Waals surface area contributed by atoms with Gasteiger partial charge in [-0.3, -0.25) is 0 Å². The van der Waals surface area contributed by atoms with E-state index in [-0.39, 0.29) is 6.71 Å². The first-order chi connectivity index (χ1) is 40.7. The standard InChI is InChI=1S/C75H45BN6/c1-5-21-46(22-6-1)51-40-59-55-30-14-18-34-64(55)81-68-44-53(45-69-70(68)76(61(42-51)71(59)81)62-43-52(47-23-7-2-8-24-47)41-60-56-31-15-19-35-65(56)82(69)72(60)62)50-37-38-67-58(39-50)54-29-13-17-33-63(54)80(67)66-36-20-16-32-57(66)75-78-73(48-25-9-3-10-26-48)77-74(79-75)49-27-11-4-12-28-49/h1-45H. The molecular formula is C75H45BN6. The van der Waals surface area contributed by atoms with Crippen LogP contribution in [0.3, 0.4) is 0 Å². The fourth-order valence-corrected chi connectivity index (χ4v) is 13.9. The Hall–Kier alpha value is -10.9. The molecule has 0 atom stereocenters.